The van der Waals surface area contributed by atoms with Crippen molar-refractivity contribution in [1.29, 1.82) is 0 Å². The van der Waals surface area contributed by atoms with E-state index in [9.17, 15) is 9.59 Å². The van der Waals surface area contributed by atoms with E-state index < -0.39 is 23.9 Å². The van der Waals surface area contributed by atoms with Crippen LogP contribution in [-0.4, -0.2) is 79.0 Å². The molecule has 2 aromatic rings. The van der Waals surface area contributed by atoms with E-state index in [4.69, 9.17) is 33.2 Å². The lowest BCUT2D eigenvalue weighted by molar-refractivity contribution is -0.163. The molecule has 0 N–H and O–H groups in total. The molecule has 232 valence electrons. The molecule has 0 bridgehead atoms. The molecular weight excluding hydrogens is 540 g/mol. The topological polar surface area (TPSA) is 98.8 Å². The average Bonchev–Trinajstić information content (AvgIpc) is 3.02. The first-order valence-electron chi connectivity index (χ1n) is 14.5. The Morgan fingerprint density at radius 3 is 1.71 bits per heavy atom. The highest BCUT2D eigenvalue weighted by Crippen LogP contribution is 2.35. The minimum atomic E-state index is -0.487. The molecule has 1 aliphatic rings. The second-order valence-electron chi connectivity index (χ2n) is 11.1. The number of hydrogen-bond donors (Lipinski definition) is 0. The summed E-state index contributed by atoms with van der Waals surface area (Å²) >= 11 is 0. The van der Waals surface area contributed by atoms with E-state index in [2.05, 4.69) is 26.0 Å². The van der Waals surface area contributed by atoms with Crippen LogP contribution in [0.2, 0.25) is 0 Å². The molecule has 0 aromatic heterocycles. The summed E-state index contributed by atoms with van der Waals surface area (Å²) < 4.78 is 38.6. The van der Waals surface area contributed by atoms with Gasteiger partial charge in [0, 0.05) is 26.7 Å². The zero-order chi connectivity index (χ0) is 30.5. The average molecular weight is 587 g/mol. The maximum Gasteiger partial charge on any atom is 0.309 e. The van der Waals surface area contributed by atoms with Gasteiger partial charge in [-0.3, -0.25) is 9.59 Å². The van der Waals surface area contributed by atoms with Gasteiger partial charge in [-0.25, -0.2) is 0 Å². The molecule has 1 aliphatic carbocycles. The number of benzene rings is 2. The second-order valence-corrected chi connectivity index (χ2v) is 11.1. The third kappa shape index (κ3) is 9.18. The van der Waals surface area contributed by atoms with Gasteiger partial charge in [0.2, 0.25) is 0 Å². The summed E-state index contributed by atoms with van der Waals surface area (Å²) in [7, 11) is 6.18. The lowest BCUT2D eigenvalue weighted by atomic mass is 9.78. The van der Waals surface area contributed by atoms with Gasteiger partial charge in [-0.1, -0.05) is 51.0 Å². The molecule has 4 unspecified atom stereocenters. The van der Waals surface area contributed by atoms with Crippen molar-refractivity contribution in [3.8, 4) is 11.5 Å². The van der Waals surface area contributed by atoms with Crippen molar-refractivity contribution < 1.29 is 42.7 Å². The fraction of sp³-hybridized carbons (Fsp3) is 0.576. The molecule has 9 nitrogen and oxygen atoms in total. The Bertz CT molecular complexity index is 1130. The first-order chi connectivity index (χ1) is 20.2. The maximum atomic E-state index is 12.8. The molecule has 2 aromatic carbocycles. The zero-order valence-electron chi connectivity index (χ0n) is 25.8. The van der Waals surface area contributed by atoms with Crippen LogP contribution in [0.3, 0.4) is 0 Å². The van der Waals surface area contributed by atoms with Gasteiger partial charge in [-0.15, -0.1) is 0 Å². The monoisotopic (exact) mass is 586 g/mol. The van der Waals surface area contributed by atoms with Crippen LogP contribution in [-0.2, 0) is 38.7 Å². The predicted molar refractivity (Wildman–Crippen MR) is 158 cm³/mol. The van der Waals surface area contributed by atoms with Crippen LogP contribution < -0.4 is 9.47 Å². The summed E-state index contributed by atoms with van der Waals surface area (Å²) in [5.74, 6) is -0.244. The number of esters is 2. The van der Waals surface area contributed by atoms with Crippen LogP contribution in [0.5, 0.6) is 11.5 Å². The number of carbonyl (C=O) groups is 2. The van der Waals surface area contributed by atoms with Gasteiger partial charge < -0.3 is 33.2 Å². The van der Waals surface area contributed by atoms with Crippen molar-refractivity contribution in [2.24, 2.45) is 11.8 Å². The van der Waals surface area contributed by atoms with Crippen LogP contribution in [0.4, 0.5) is 0 Å². The second kappa shape index (κ2) is 16.5. The van der Waals surface area contributed by atoms with Crippen molar-refractivity contribution >= 4 is 11.9 Å². The Kier molecular flexibility index (Phi) is 13.1. The largest absolute Gasteiger partial charge is 0.491 e. The number of ether oxygens (including phenoxy) is 7. The van der Waals surface area contributed by atoms with Gasteiger partial charge in [0.05, 0.1) is 25.6 Å². The van der Waals surface area contributed by atoms with Crippen molar-refractivity contribution in [3.63, 3.8) is 0 Å². The molecule has 0 saturated heterocycles. The van der Waals surface area contributed by atoms with Crippen LogP contribution in [0, 0.1) is 11.8 Å². The van der Waals surface area contributed by atoms with Gasteiger partial charge >= 0.3 is 11.9 Å². The third-order valence-electron chi connectivity index (χ3n) is 7.99. The summed E-state index contributed by atoms with van der Waals surface area (Å²) in [4.78, 5) is 24.9. The molecule has 0 aliphatic heterocycles. The Morgan fingerprint density at radius 1 is 0.738 bits per heavy atom. The van der Waals surface area contributed by atoms with Gasteiger partial charge in [0.25, 0.3) is 0 Å². The Balaban J connectivity index is 1.59. The summed E-state index contributed by atoms with van der Waals surface area (Å²) in [6, 6.07) is 16.0. The van der Waals surface area contributed by atoms with E-state index >= 15 is 0 Å². The van der Waals surface area contributed by atoms with E-state index in [1.165, 1.54) is 7.11 Å². The fourth-order valence-corrected chi connectivity index (χ4v) is 5.18. The summed E-state index contributed by atoms with van der Waals surface area (Å²) in [5, 5.41) is 0. The molecule has 9 heteroatoms. The van der Waals surface area contributed by atoms with Gasteiger partial charge in [0.1, 0.15) is 43.5 Å². The fourth-order valence-electron chi connectivity index (χ4n) is 5.18. The number of rotatable bonds is 16. The van der Waals surface area contributed by atoms with Crippen molar-refractivity contribution in [3.05, 3.63) is 59.7 Å². The van der Waals surface area contributed by atoms with Gasteiger partial charge in [-0.2, -0.15) is 0 Å². The molecule has 3 rings (SSSR count). The molecule has 0 spiro atoms. The van der Waals surface area contributed by atoms with Crippen molar-refractivity contribution in [2.45, 2.75) is 57.2 Å². The van der Waals surface area contributed by atoms with E-state index in [1.54, 1.807) is 21.3 Å². The molecule has 1 saturated carbocycles. The van der Waals surface area contributed by atoms with Crippen molar-refractivity contribution in [2.75, 3.05) is 54.9 Å². The van der Waals surface area contributed by atoms with Gasteiger partial charge in [0.15, 0.2) is 0 Å². The molecule has 42 heavy (non-hydrogen) atoms. The number of carbonyl (C=O) groups excluding carboxylic acids is 2. The number of hydrogen-bond acceptors (Lipinski definition) is 9. The van der Waals surface area contributed by atoms with Crippen LogP contribution in [0.1, 0.15) is 50.7 Å². The minimum Gasteiger partial charge on any atom is -0.491 e. The first kappa shape index (κ1) is 33.4. The molecule has 0 heterocycles. The Hall–Kier alpha value is -3.14. The lowest BCUT2D eigenvalue weighted by Crippen LogP contribution is -2.36. The van der Waals surface area contributed by atoms with Crippen LogP contribution >= 0.6 is 0 Å². The smallest absolute Gasteiger partial charge is 0.309 e. The quantitative estimate of drug-likeness (QED) is 0.253. The van der Waals surface area contributed by atoms with E-state index in [0.717, 1.165) is 29.7 Å². The molecule has 0 amide bonds. The number of methoxy groups -OCH3 is 4. The highest BCUT2D eigenvalue weighted by atomic mass is 16.6. The zero-order valence-corrected chi connectivity index (χ0v) is 25.8. The molecule has 4 atom stereocenters. The normalized spacial score (nSPS) is 18.5. The third-order valence-corrected chi connectivity index (χ3v) is 7.99. The maximum absolute atomic E-state index is 12.8. The van der Waals surface area contributed by atoms with E-state index in [1.807, 2.05) is 36.4 Å². The van der Waals surface area contributed by atoms with E-state index in [-0.39, 0.29) is 30.7 Å². The lowest BCUT2D eigenvalue weighted by Gasteiger charge is -2.28. The van der Waals surface area contributed by atoms with Crippen molar-refractivity contribution in [1.82, 2.24) is 0 Å². The Morgan fingerprint density at radius 2 is 1.24 bits per heavy atom. The Labute approximate surface area is 249 Å². The SMILES string of the molecule is COCC(COc1cccc(C(C)(C)c2cccc(OCC(COC(=O)C3CCCCC3C(=O)OC)OC)c2)c1)OC. The first-order valence-corrected chi connectivity index (χ1v) is 14.5. The van der Waals surface area contributed by atoms with E-state index in [0.29, 0.717) is 31.8 Å². The standard InChI is InChI=1S/C33H46O9/c1-33(2,23-11-9-13-25(17-23)40-20-27(37-4)19-36-3)24-12-10-14-26(18-24)41-21-28(38-5)22-42-32(35)30-16-8-7-15-29(30)31(34)39-6/h9-14,17-18,27-30H,7-8,15-16,19-22H2,1-6H3. The van der Waals surface area contributed by atoms with Crippen LogP contribution in [0.25, 0.3) is 0 Å². The van der Waals surface area contributed by atoms with Crippen LogP contribution in [0.15, 0.2) is 48.5 Å². The summed E-state index contributed by atoms with van der Waals surface area (Å²) in [6.07, 6.45) is 2.42. The predicted octanol–water partition coefficient (Wildman–Crippen LogP) is 4.97. The summed E-state index contributed by atoms with van der Waals surface area (Å²) in [6.45, 7) is 5.38. The highest BCUT2D eigenvalue weighted by Gasteiger charge is 2.37. The molecule has 1 fully saturated rings. The van der Waals surface area contributed by atoms with Gasteiger partial charge in [-0.05, 0) is 48.2 Å². The molecular formula is C33H46O9. The molecule has 0 radical (unpaired) electrons. The summed E-state index contributed by atoms with van der Waals surface area (Å²) in [5.41, 5.74) is 1.82. The highest BCUT2D eigenvalue weighted by molar-refractivity contribution is 5.82. The minimum absolute atomic E-state index is 0.0337.